The highest BCUT2D eigenvalue weighted by Crippen LogP contribution is 2.15. The third kappa shape index (κ3) is 4.12. The average molecular weight is 262 g/mol. The zero-order valence-corrected chi connectivity index (χ0v) is 10.8. The molecule has 0 amide bonds. The maximum absolute atomic E-state index is 11.8. The molecule has 0 spiro atoms. The molecule has 0 saturated carbocycles. The SMILES string of the molecule is CCNCCCS(=O)(=O)c1ccc(Cl)cc1. The van der Waals surface area contributed by atoms with Crippen LogP contribution in [-0.4, -0.2) is 27.3 Å². The van der Waals surface area contributed by atoms with E-state index in [9.17, 15) is 8.42 Å². The standard InChI is InChI=1S/C11H16ClNO2S/c1-2-13-8-3-9-16(14,15)11-6-4-10(12)5-7-11/h4-7,13H,2-3,8-9H2,1H3. The topological polar surface area (TPSA) is 46.2 Å². The van der Waals surface area contributed by atoms with E-state index in [4.69, 9.17) is 11.6 Å². The number of hydrogen-bond donors (Lipinski definition) is 1. The molecule has 0 bridgehead atoms. The quantitative estimate of drug-likeness (QED) is 0.798. The van der Waals surface area contributed by atoms with Crippen molar-refractivity contribution in [3.05, 3.63) is 29.3 Å². The van der Waals surface area contributed by atoms with E-state index in [2.05, 4.69) is 5.32 Å². The summed E-state index contributed by atoms with van der Waals surface area (Å²) >= 11 is 5.70. The van der Waals surface area contributed by atoms with Gasteiger partial charge in [-0.1, -0.05) is 18.5 Å². The van der Waals surface area contributed by atoms with E-state index in [-0.39, 0.29) is 5.75 Å². The molecular formula is C11H16ClNO2S. The first kappa shape index (κ1) is 13.5. The number of hydrogen-bond acceptors (Lipinski definition) is 3. The Morgan fingerprint density at radius 3 is 2.44 bits per heavy atom. The largest absolute Gasteiger partial charge is 0.317 e. The molecular weight excluding hydrogens is 246 g/mol. The first-order valence-corrected chi connectivity index (χ1v) is 7.28. The van der Waals surface area contributed by atoms with Gasteiger partial charge < -0.3 is 5.32 Å². The van der Waals surface area contributed by atoms with E-state index in [1.165, 1.54) is 0 Å². The molecule has 1 aromatic carbocycles. The Kier molecular flexibility index (Phi) is 5.25. The summed E-state index contributed by atoms with van der Waals surface area (Å²) < 4.78 is 23.7. The molecule has 0 saturated heterocycles. The van der Waals surface area contributed by atoms with Crippen molar-refractivity contribution < 1.29 is 8.42 Å². The second kappa shape index (κ2) is 6.23. The minimum atomic E-state index is -3.16. The Hall–Kier alpha value is -0.580. The van der Waals surface area contributed by atoms with E-state index in [0.717, 1.165) is 13.1 Å². The Morgan fingerprint density at radius 1 is 1.25 bits per heavy atom. The van der Waals surface area contributed by atoms with Gasteiger partial charge in [0.05, 0.1) is 10.6 Å². The molecule has 0 fully saturated rings. The van der Waals surface area contributed by atoms with Crippen LogP contribution in [0.5, 0.6) is 0 Å². The number of sulfone groups is 1. The molecule has 0 aliphatic carbocycles. The lowest BCUT2D eigenvalue weighted by Crippen LogP contribution is -2.18. The molecule has 1 aromatic rings. The minimum absolute atomic E-state index is 0.168. The Bertz CT molecular complexity index is 414. The minimum Gasteiger partial charge on any atom is -0.317 e. The molecule has 0 atom stereocenters. The fraction of sp³-hybridized carbons (Fsp3) is 0.455. The Labute approximate surface area is 102 Å². The summed E-state index contributed by atoms with van der Waals surface area (Å²) in [5.74, 6) is 0.168. The van der Waals surface area contributed by atoms with Gasteiger partial charge in [-0.05, 0) is 43.8 Å². The lowest BCUT2D eigenvalue weighted by atomic mass is 10.4. The molecule has 0 aliphatic heterocycles. The zero-order chi connectivity index (χ0) is 12.0. The van der Waals surface area contributed by atoms with E-state index in [1.807, 2.05) is 6.92 Å². The molecule has 0 aromatic heterocycles. The highest BCUT2D eigenvalue weighted by molar-refractivity contribution is 7.91. The zero-order valence-electron chi connectivity index (χ0n) is 9.24. The van der Waals surface area contributed by atoms with Crippen LogP contribution in [0.25, 0.3) is 0 Å². The van der Waals surface area contributed by atoms with Crippen LogP contribution < -0.4 is 5.32 Å². The molecule has 16 heavy (non-hydrogen) atoms. The van der Waals surface area contributed by atoms with Crippen LogP contribution in [0.3, 0.4) is 0 Å². The molecule has 0 aliphatic rings. The summed E-state index contributed by atoms with van der Waals surface area (Å²) in [5, 5.41) is 3.64. The van der Waals surface area contributed by atoms with Crippen LogP contribution in [0.2, 0.25) is 5.02 Å². The molecule has 0 heterocycles. The third-order valence-electron chi connectivity index (χ3n) is 2.19. The van der Waals surface area contributed by atoms with E-state index < -0.39 is 9.84 Å². The molecule has 3 nitrogen and oxygen atoms in total. The van der Waals surface area contributed by atoms with Crippen LogP contribution in [0.1, 0.15) is 13.3 Å². The number of halogens is 1. The normalized spacial score (nSPS) is 11.6. The van der Waals surface area contributed by atoms with Crippen LogP contribution in [0.15, 0.2) is 29.2 Å². The van der Waals surface area contributed by atoms with Crippen LogP contribution in [0, 0.1) is 0 Å². The van der Waals surface area contributed by atoms with E-state index >= 15 is 0 Å². The smallest absolute Gasteiger partial charge is 0.178 e. The third-order valence-corrected chi connectivity index (χ3v) is 4.26. The summed E-state index contributed by atoms with van der Waals surface area (Å²) in [5.41, 5.74) is 0. The van der Waals surface area contributed by atoms with Gasteiger partial charge in [0.15, 0.2) is 9.84 Å². The highest BCUT2D eigenvalue weighted by atomic mass is 35.5. The van der Waals surface area contributed by atoms with Gasteiger partial charge in [-0.2, -0.15) is 0 Å². The van der Waals surface area contributed by atoms with Gasteiger partial charge in [-0.3, -0.25) is 0 Å². The summed E-state index contributed by atoms with van der Waals surface area (Å²) in [6.07, 6.45) is 0.624. The van der Waals surface area contributed by atoms with Crippen molar-refractivity contribution in [3.8, 4) is 0 Å². The highest BCUT2D eigenvalue weighted by Gasteiger charge is 2.13. The van der Waals surface area contributed by atoms with Crippen molar-refractivity contribution in [2.24, 2.45) is 0 Å². The lowest BCUT2D eigenvalue weighted by Gasteiger charge is -2.04. The number of nitrogens with one attached hydrogen (secondary N) is 1. The first-order valence-electron chi connectivity index (χ1n) is 5.25. The van der Waals surface area contributed by atoms with Crippen LogP contribution in [-0.2, 0) is 9.84 Å². The maximum atomic E-state index is 11.8. The molecule has 1 rings (SSSR count). The fourth-order valence-corrected chi connectivity index (χ4v) is 2.76. The van der Waals surface area contributed by atoms with Crippen LogP contribution >= 0.6 is 11.6 Å². The van der Waals surface area contributed by atoms with Gasteiger partial charge >= 0.3 is 0 Å². The second-order valence-electron chi connectivity index (χ2n) is 3.48. The van der Waals surface area contributed by atoms with Crippen molar-refractivity contribution in [2.45, 2.75) is 18.2 Å². The van der Waals surface area contributed by atoms with Gasteiger partial charge in [-0.15, -0.1) is 0 Å². The first-order chi connectivity index (χ1) is 7.56. The summed E-state index contributed by atoms with van der Waals surface area (Å²) in [7, 11) is -3.16. The van der Waals surface area contributed by atoms with E-state index in [0.29, 0.717) is 16.3 Å². The average Bonchev–Trinajstić information content (AvgIpc) is 2.25. The monoisotopic (exact) mass is 261 g/mol. The molecule has 0 unspecified atom stereocenters. The molecule has 90 valence electrons. The van der Waals surface area contributed by atoms with Gasteiger partial charge in [0.2, 0.25) is 0 Å². The molecule has 0 radical (unpaired) electrons. The van der Waals surface area contributed by atoms with Gasteiger partial charge in [-0.25, -0.2) is 8.42 Å². The Morgan fingerprint density at radius 2 is 1.88 bits per heavy atom. The molecule has 5 heteroatoms. The fourth-order valence-electron chi connectivity index (χ4n) is 1.32. The second-order valence-corrected chi connectivity index (χ2v) is 6.03. The van der Waals surface area contributed by atoms with Gasteiger partial charge in [0.1, 0.15) is 0 Å². The van der Waals surface area contributed by atoms with Crippen molar-refractivity contribution in [1.82, 2.24) is 5.32 Å². The molecule has 1 N–H and O–H groups in total. The van der Waals surface area contributed by atoms with Gasteiger partial charge in [0.25, 0.3) is 0 Å². The van der Waals surface area contributed by atoms with Crippen molar-refractivity contribution in [3.63, 3.8) is 0 Å². The number of benzene rings is 1. The van der Waals surface area contributed by atoms with Crippen LogP contribution in [0.4, 0.5) is 0 Å². The number of rotatable bonds is 6. The Balaban J connectivity index is 2.60. The van der Waals surface area contributed by atoms with Crippen molar-refractivity contribution in [2.75, 3.05) is 18.8 Å². The predicted molar refractivity (Wildman–Crippen MR) is 66.7 cm³/mol. The summed E-state index contributed by atoms with van der Waals surface area (Å²) in [6, 6.07) is 6.29. The van der Waals surface area contributed by atoms with Crippen molar-refractivity contribution >= 4 is 21.4 Å². The predicted octanol–water partition coefficient (Wildman–Crippen LogP) is 2.11. The summed E-state index contributed by atoms with van der Waals surface area (Å²) in [6.45, 7) is 3.58. The van der Waals surface area contributed by atoms with E-state index in [1.54, 1.807) is 24.3 Å². The maximum Gasteiger partial charge on any atom is 0.178 e. The van der Waals surface area contributed by atoms with Crippen molar-refractivity contribution in [1.29, 1.82) is 0 Å². The lowest BCUT2D eigenvalue weighted by molar-refractivity contribution is 0.590. The summed E-state index contributed by atoms with van der Waals surface area (Å²) in [4.78, 5) is 0.341. The van der Waals surface area contributed by atoms with Gasteiger partial charge in [0, 0.05) is 5.02 Å².